The minimum atomic E-state index is -0.164. The summed E-state index contributed by atoms with van der Waals surface area (Å²) in [6.45, 7) is 3.78. The first kappa shape index (κ1) is 10.7. The highest BCUT2D eigenvalue weighted by Gasteiger charge is 2.51. The second-order valence-corrected chi connectivity index (χ2v) is 4.97. The summed E-state index contributed by atoms with van der Waals surface area (Å²) >= 11 is 0. The van der Waals surface area contributed by atoms with Gasteiger partial charge in [-0.05, 0) is 49.5 Å². The molecule has 2 rings (SSSR count). The summed E-state index contributed by atoms with van der Waals surface area (Å²) in [4.78, 5) is 10.9. The van der Waals surface area contributed by atoms with E-state index >= 15 is 0 Å². The minimum Gasteiger partial charge on any atom is -0.458 e. The minimum absolute atomic E-state index is 0.0259. The Morgan fingerprint density at radius 1 is 1.53 bits per heavy atom. The fraction of sp³-hybridized carbons (Fsp3) is 0.769. The Morgan fingerprint density at radius 2 is 2.33 bits per heavy atom. The van der Waals surface area contributed by atoms with Crippen molar-refractivity contribution in [2.75, 3.05) is 0 Å². The van der Waals surface area contributed by atoms with E-state index in [1.807, 2.05) is 0 Å². The third kappa shape index (κ3) is 2.24. The summed E-state index contributed by atoms with van der Waals surface area (Å²) in [6.07, 6.45) is 10.4. The zero-order chi connectivity index (χ0) is 10.9. The van der Waals surface area contributed by atoms with Crippen molar-refractivity contribution in [2.24, 2.45) is 11.3 Å². The molecule has 0 aromatic rings. The normalized spacial score (nSPS) is 40.9. The predicted molar refractivity (Wildman–Crippen MR) is 59.4 cm³/mol. The number of carbonyl (C=O) groups excluding carboxylic acids is 1. The van der Waals surface area contributed by atoms with Gasteiger partial charge in [0.05, 0.1) is 0 Å². The lowest BCUT2D eigenvalue weighted by molar-refractivity contribution is -0.144. The van der Waals surface area contributed by atoms with Crippen molar-refractivity contribution in [1.82, 2.24) is 0 Å². The number of hydrogen-bond acceptors (Lipinski definition) is 2. The molecule has 0 N–H and O–H groups in total. The highest BCUT2D eigenvalue weighted by molar-refractivity contribution is 5.66. The Hall–Kier alpha value is -0.790. The molecular formula is C13H20O2. The Balaban J connectivity index is 1.95. The molecule has 15 heavy (non-hydrogen) atoms. The van der Waals surface area contributed by atoms with Crippen molar-refractivity contribution in [1.29, 1.82) is 0 Å². The molecule has 0 unspecified atom stereocenters. The number of allylic oxidation sites excluding steroid dienone is 1. The van der Waals surface area contributed by atoms with Crippen LogP contribution in [0.5, 0.6) is 0 Å². The number of esters is 1. The van der Waals surface area contributed by atoms with Crippen LogP contribution in [0.3, 0.4) is 0 Å². The molecule has 0 heterocycles. The SMILES string of the molecule is CC[C@]12C/C=C\[C@H](OC(C)=O)CC[C@@H]1C2. The van der Waals surface area contributed by atoms with Gasteiger partial charge in [0.15, 0.2) is 0 Å². The summed E-state index contributed by atoms with van der Waals surface area (Å²) in [5.74, 6) is 0.716. The van der Waals surface area contributed by atoms with Crippen molar-refractivity contribution in [3.63, 3.8) is 0 Å². The Labute approximate surface area is 91.7 Å². The van der Waals surface area contributed by atoms with Gasteiger partial charge in [-0.3, -0.25) is 4.79 Å². The molecule has 0 aromatic heterocycles. The van der Waals surface area contributed by atoms with Crippen LogP contribution in [0.4, 0.5) is 0 Å². The van der Waals surface area contributed by atoms with E-state index in [4.69, 9.17) is 4.74 Å². The second-order valence-electron chi connectivity index (χ2n) is 4.97. The first-order valence-corrected chi connectivity index (χ1v) is 6.00. The zero-order valence-electron chi connectivity index (χ0n) is 9.66. The van der Waals surface area contributed by atoms with Crippen LogP contribution in [0.2, 0.25) is 0 Å². The number of fused-ring (bicyclic) bond motifs is 1. The van der Waals surface area contributed by atoms with Crippen molar-refractivity contribution in [3.8, 4) is 0 Å². The fourth-order valence-electron chi connectivity index (χ4n) is 2.89. The van der Waals surface area contributed by atoms with Crippen molar-refractivity contribution in [2.45, 2.75) is 52.1 Å². The first-order valence-electron chi connectivity index (χ1n) is 6.00. The zero-order valence-corrected chi connectivity index (χ0v) is 9.66. The van der Waals surface area contributed by atoms with Crippen LogP contribution < -0.4 is 0 Å². The lowest BCUT2D eigenvalue weighted by Gasteiger charge is -2.19. The molecule has 0 amide bonds. The largest absolute Gasteiger partial charge is 0.458 e. The van der Waals surface area contributed by atoms with E-state index in [0.29, 0.717) is 5.41 Å². The van der Waals surface area contributed by atoms with Crippen molar-refractivity contribution >= 4 is 5.97 Å². The van der Waals surface area contributed by atoms with E-state index in [0.717, 1.165) is 12.3 Å². The van der Waals surface area contributed by atoms with E-state index < -0.39 is 0 Å². The standard InChI is InChI=1S/C13H20O2/c1-3-13-8-4-5-12(15-10(2)14)7-6-11(13)9-13/h4-5,11-12H,3,6-9H2,1-2H3/b5-4-/t11-,12+,13-/m1/s1. The van der Waals surface area contributed by atoms with Crippen LogP contribution in [-0.4, -0.2) is 12.1 Å². The number of rotatable bonds is 2. The monoisotopic (exact) mass is 208 g/mol. The molecule has 2 aliphatic carbocycles. The van der Waals surface area contributed by atoms with Crippen LogP contribution in [-0.2, 0) is 9.53 Å². The van der Waals surface area contributed by atoms with Gasteiger partial charge in [-0.1, -0.05) is 13.0 Å². The van der Waals surface area contributed by atoms with E-state index in [1.165, 1.54) is 32.6 Å². The van der Waals surface area contributed by atoms with Gasteiger partial charge in [-0.25, -0.2) is 0 Å². The topological polar surface area (TPSA) is 26.3 Å². The van der Waals surface area contributed by atoms with Crippen molar-refractivity contribution < 1.29 is 9.53 Å². The maximum absolute atomic E-state index is 10.9. The average molecular weight is 208 g/mol. The molecule has 1 saturated carbocycles. The maximum Gasteiger partial charge on any atom is 0.303 e. The quantitative estimate of drug-likeness (QED) is 0.515. The fourth-order valence-corrected chi connectivity index (χ4v) is 2.89. The van der Waals surface area contributed by atoms with Gasteiger partial charge in [0.25, 0.3) is 0 Å². The molecule has 0 spiro atoms. The van der Waals surface area contributed by atoms with Gasteiger partial charge in [0.2, 0.25) is 0 Å². The maximum atomic E-state index is 10.9. The van der Waals surface area contributed by atoms with E-state index in [2.05, 4.69) is 19.1 Å². The molecule has 0 aliphatic heterocycles. The summed E-state index contributed by atoms with van der Waals surface area (Å²) in [5, 5.41) is 0. The molecule has 3 atom stereocenters. The average Bonchev–Trinajstić information content (AvgIpc) is 2.84. The number of ether oxygens (including phenoxy) is 1. The first-order chi connectivity index (χ1) is 7.16. The summed E-state index contributed by atoms with van der Waals surface area (Å²) < 4.78 is 5.23. The third-order valence-electron chi connectivity index (χ3n) is 4.06. The van der Waals surface area contributed by atoms with Crippen LogP contribution in [0.15, 0.2) is 12.2 Å². The van der Waals surface area contributed by atoms with Gasteiger partial charge in [-0.15, -0.1) is 0 Å². The van der Waals surface area contributed by atoms with Gasteiger partial charge < -0.3 is 4.74 Å². The summed E-state index contributed by atoms with van der Waals surface area (Å²) in [5.41, 5.74) is 0.609. The molecule has 0 bridgehead atoms. The number of carbonyl (C=O) groups is 1. The molecule has 1 fully saturated rings. The van der Waals surface area contributed by atoms with E-state index in [-0.39, 0.29) is 12.1 Å². The number of hydrogen-bond donors (Lipinski definition) is 0. The van der Waals surface area contributed by atoms with E-state index in [1.54, 1.807) is 0 Å². The molecule has 2 nitrogen and oxygen atoms in total. The van der Waals surface area contributed by atoms with Gasteiger partial charge in [0, 0.05) is 6.92 Å². The molecule has 2 heteroatoms. The molecule has 0 aromatic carbocycles. The Morgan fingerprint density at radius 3 is 3.00 bits per heavy atom. The molecular weight excluding hydrogens is 188 g/mol. The molecule has 84 valence electrons. The van der Waals surface area contributed by atoms with Crippen LogP contribution in [0.25, 0.3) is 0 Å². The Kier molecular flexibility index (Phi) is 2.85. The van der Waals surface area contributed by atoms with Crippen LogP contribution >= 0.6 is 0 Å². The van der Waals surface area contributed by atoms with E-state index in [9.17, 15) is 4.79 Å². The Bertz CT molecular complexity index is 282. The van der Waals surface area contributed by atoms with Gasteiger partial charge in [0.1, 0.15) is 6.10 Å². The van der Waals surface area contributed by atoms with Gasteiger partial charge >= 0.3 is 5.97 Å². The smallest absolute Gasteiger partial charge is 0.303 e. The van der Waals surface area contributed by atoms with Gasteiger partial charge in [-0.2, -0.15) is 0 Å². The summed E-state index contributed by atoms with van der Waals surface area (Å²) in [7, 11) is 0. The highest BCUT2D eigenvalue weighted by atomic mass is 16.5. The van der Waals surface area contributed by atoms with Crippen molar-refractivity contribution in [3.05, 3.63) is 12.2 Å². The summed E-state index contributed by atoms with van der Waals surface area (Å²) in [6, 6.07) is 0. The molecule has 0 saturated heterocycles. The molecule has 2 aliphatic rings. The lowest BCUT2D eigenvalue weighted by atomic mass is 9.91. The highest BCUT2D eigenvalue weighted by Crippen LogP contribution is 2.60. The predicted octanol–water partition coefficient (Wildman–Crippen LogP) is 3.07. The lowest BCUT2D eigenvalue weighted by Crippen LogP contribution is -2.16. The van der Waals surface area contributed by atoms with Crippen LogP contribution in [0, 0.1) is 11.3 Å². The molecule has 0 radical (unpaired) electrons. The second kappa shape index (κ2) is 3.99. The third-order valence-corrected chi connectivity index (χ3v) is 4.06. The van der Waals surface area contributed by atoms with Crippen LogP contribution in [0.1, 0.15) is 46.0 Å².